The maximum atomic E-state index is 6.61. The number of hydrogen-bond donors (Lipinski definition) is 0. The third-order valence-electron chi connectivity index (χ3n) is 15.0. The Labute approximate surface area is 390 Å². The van der Waals surface area contributed by atoms with Crippen LogP contribution in [0.1, 0.15) is 47.2 Å². The van der Waals surface area contributed by atoms with Crippen LogP contribution in [0.15, 0.2) is 235 Å². The summed E-state index contributed by atoms with van der Waals surface area (Å²) in [5, 5.41) is 2.24. The Morgan fingerprint density at radius 3 is 1.75 bits per heavy atom. The van der Waals surface area contributed by atoms with Gasteiger partial charge in [-0.3, -0.25) is 0 Å². The lowest BCUT2D eigenvalue weighted by molar-refractivity contribution is 0.660. The molecule has 0 N–H and O–H groups in total. The summed E-state index contributed by atoms with van der Waals surface area (Å²) in [7, 11) is 0. The number of anilines is 6. The van der Waals surface area contributed by atoms with Crippen LogP contribution >= 0.6 is 0 Å². The van der Waals surface area contributed by atoms with E-state index in [2.05, 4.69) is 248 Å². The zero-order chi connectivity index (χ0) is 44.4. The number of hydrogen-bond acceptors (Lipinski definition) is 3. The van der Waals surface area contributed by atoms with Crippen molar-refractivity contribution in [2.45, 2.75) is 24.7 Å². The van der Waals surface area contributed by atoms with Gasteiger partial charge in [0.2, 0.25) is 0 Å². The van der Waals surface area contributed by atoms with E-state index in [1.165, 1.54) is 78.1 Å². The van der Waals surface area contributed by atoms with Crippen LogP contribution in [-0.4, -0.2) is 0 Å². The summed E-state index contributed by atoms with van der Waals surface area (Å²) in [5.74, 6) is 0. The van der Waals surface area contributed by atoms with E-state index in [1.807, 2.05) is 6.07 Å². The summed E-state index contributed by atoms with van der Waals surface area (Å²) in [4.78, 5) is 4.97. The molecule has 1 unspecified atom stereocenters. The summed E-state index contributed by atoms with van der Waals surface area (Å²) in [6, 6.07) is 85.2. The molecule has 0 amide bonds. The maximum Gasteiger partial charge on any atom is 0.137 e. The lowest BCUT2D eigenvalue weighted by atomic mass is 9.64. The minimum atomic E-state index is -0.653. The smallest absolute Gasteiger partial charge is 0.137 e. The average molecular weight is 857 g/mol. The van der Waals surface area contributed by atoms with Gasteiger partial charge in [0.05, 0.1) is 16.8 Å². The Kier molecular flexibility index (Phi) is 7.95. The van der Waals surface area contributed by atoms with Gasteiger partial charge in [-0.1, -0.05) is 178 Å². The van der Waals surface area contributed by atoms with Crippen LogP contribution in [0, 0.1) is 0 Å². The molecule has 1 aromatic heterocycles. The molecule has 10 aromatic carbocycles. The van der Waals surface area contributed by atoms with Gasteiger partial charge in [-0.25, -0.2) is 0 Å². The minimum absolute atomic E-state index is 0.170. The molecule has 0 bridgehead atoms. The van der Waals surface area contributed by atoms with E-state index in [1.54, 1.807) is 0 Å². The largest absolute Gasteiger partial charge is 0.456 e. The molecule has 0 saturated carbocycles. The van der Waals surface area contributed by atoms with Gasteiger partial charge in [-0.2, -0.15) is 0 Å². The fourth-order valence-corrected chi connectivity index (χ4v) is 12.1. The molecule has 2 aliphatic carbocycles. The molecule has 316 valence electrons. The van der Waals surface area contributed by atoms with Crippen LogP contribution in [0.3, 0.4) is 0 Å². The number of rotatable bonds is 6. The van der Waals surface area contributed by atoms with Crippen molar-refractivity contribution >= 4 is 56.1 Å². The second-order valence-electron chi connectivity index (χ2n) is 18.8. The van der Waals surface area contributed by atoms with Crippen molar-refractivity contribution in [3.8, 4) is 33.4 Å². The summed E-state index contributed by atoms with van der Waals surface area (Å²) in [5.41, 5.74) is 22.9. The Morgan fingerprint density at radius 1 is 0.403 bits per heavy atom. The zero-order valence-electron chi connectivity index (χ0n) is 37.2. The molecule has 1 atom stereocenters. The summed E-state index contributed by atoms with van der Waals surface area (Å²) in [6.45, 7) is 4.73. The number of nitrogens with zero attached hydrogens (tertiary/aromatic N) is 2. The van der Waals surface area contributed by atoms with Crippen LogP contribution in [0.2, 0.25) is 0 Å². The molecule has 0 saturated heterocycles. The van der Waals surface area contributed by atoms with Crippen molar-refractivity contribution in [3.05, 3.63) is 264 Å². The van der Waals surface area contributed by atoms with E-state index in [-0.39, 0.29) is 5.41 Å². The second kappa shape index (κ2) is 14.1. The van der Waals surface area contributed by atoms with Gasteiger partial charge in [0, 0.05) is 56.1 Å². The van der Waals surface area contributed by atoms with Crippen LogP contribution in [0.5, 0.6) is 0 Å². The highest BCUT2D eigenvalue weighted by molar-refractivity contribution is 6.07. The Hall–Kier alpha value is -8.40. The number of benzene rings is 10. The molecule has 0 radical (unpaired) electrons. The van der Waals surface area contributed by atoms with E-state index in [9.17, 15) is 0 Å². The van der Waals surface area contributed by atoms with Crippen molar-refractivity contribution in [2.75, 3.05) is 9.80 Å². The monoisotopic (exact) mass is 856 g/mol. The summed E-state index contributed by atoms with van der Waals surface area (Å²) in [6.07, 6.45) is 0. The first-order valence-electron chi connectivity index (χ1n) is 23.3. The van der Waals surface area contributed by atoms with E-state index < -0.39 is 5.41 Å². The molecular weight excluding hydrogens is 813 g/mol. The lowest BCUT2D eigenvalue weighted by Crippen LogP contribution is -2.36. The van der Waals surface area contributed by atoms with Gasteiger partial charge >= 0.3 is 0 Å². The number of para-hydroxylation sites is 3. The maximum absolute atomic E-state index is 6.61. The van der Waals surface area contributed by atoms with Gasteiger partial charge < -0.3 is 14.2 Å². The first kappa shape index (κ1) is 37.9. The van der Waals surface area contributed by atoms with Gasteiger partial charge in [0.15, 0.2) is 0 Å². The standard InChI is InChI=1S/C64H44N2O/c1-63(2)54-26-14-12-24-48(54)49-33-30-44(38-56(49)63)65(46-32-35-52-51-25-13-17-29-59(51)67-60(52)40-46)45-31-34-50-53-37-36-47(41-18-6-3-7-19-41)62-61(53)64(57(50)39-45,42-20-8-4-9-21-42)55-27-15-16-28-58(55)66(62)43-22-10-5-11-23-43/h3-40H,1-2H3. The van der Waals surface area contributed by atoms with Gasteiger partial charge in [0.1, 0.15) is 11.2 Å². The van der Waals surface area contributed by atoms with Gasteiger partial charge in [0.25, 0.3) is 0 Å². The van der Waals surface area contributed by atoms with Crippen molar-refractivity contribution < 1.29 is 4.42 Å². The topological polar surface area (TPSA) is 19.6 Å². The Morgan fingerprint density at radius 2 is 0.955 bits per heavy atom. The Bertz CT molecular complexity index is 3790. The molecule has 3 aliphatic rings. The first-order valence-corrected chi connectivity index (χ1v) is 23.3. The molecule has 3 heteroatoms. The van der Waals surface area contributed by atoms with E-state index in [4.69, 9.17) is 4.42 Å². The molecule has 0 spiro atoms. The summed E-state index contributed by atoms with van der Waals surface area (Å²) < 4.78 is 6.61. The van der Waals surface area contributed by atoms with Crippen molar-refractivity contribution in [1.29, 1.82) is 0 Å². The second-order valence-corrected chi connectivity index (χ2v) is 18.8. The number of fused-ring (bicyclic) bond motifs is 11. The third-order valence-corrected chi connectivity index (χ3v) is 15.0. The van der Waals surface area contributed by atoms with Crippen LogP contribution in [-0.2, 0) is 10.8 Å². The molecular formula is C64H44N2O. The minimum Gasteiger partial charge on any atom is -0.456 e. The van der Waals surface area contributed by atoms with E-state index in [0.29, 0.717) is 0 Å². The lowest BCUT2D eigenvalue weighted by Gasteiger charge is -2.45. The van der Waals surface area contributed by atoms with Gasteiger partial charge in [-0.15, -0.1) is 0 Å². The van der Waals surface area contributed by atoms with Crippen molar-refractivity contribution in [1.82, 2.24) is 0 Å². The fourth-order valence-electron chi connectivity index (χ4n) is 12.1. The highest BCUT2D eigenvalue weighted by Crippen LogP contribution is 2.67. The fraction of sp³-hybridized carbons (Fsp3) is 0.0625. The average Bonchev–Trinajstić information content (AvgIpc) is 3.98. The zero-order valence-corrected chi connectivity index (χ0v) is 37.2. The van der Waals surface area contributed by atoms with Gasteiger partial charge in [-0.05, 0) is 116 Å². The van der Waals surface area contributed by atoms with Crippen molar-refractivity contribution in [3.63, 3.8) is 0 Å². The highest BCUT2D eigenvalue weighted by Gasteiger charge is 2.53. The highest BCUT2D eigenvalue weighted by atomic mass is 16.3. The van der Waals surface area contributed by atoms with Crippen LogP contribution in [0.4, 0.5) is 34.1 Å². The normalized spacial score (nSPS) is 15.8. The summed E-state index contributed by atoms with van der Waals surface area (Å²) >= 11 is 0. The van der Waals surface area contributed by atoms with Crippen LogP contribution < -0.4 is 9.80 Å². The van der Waals surface area contributed by atoms with Crippen LogP contribution in [0.25, 0.3) is 55.3 Å². The molecule has 3 nitrogen and oxygen atoms in total. The van der Waals surface area contributed by atoms with Crippen molar-refractivity contribution in [2.24, 2.45) is 0 Å². The molecule has 11 aromatic rings. The van der Waals surface area contributed by atoms with E-state index in [0.717, 1.165) is 44.7 Å². The Balaban J connectivity index is 1.06. The first-order chi connectivity index (χ1) is 33.0. The molecule has 2 heterocycles. The predicted octanol–water partition coefficient (Wildman–Crippen LogP) is 17.2. The number of furan rings is 1. The molecule has 0 fully saturated rings. The molecule has 14 rings (SSSR count). The quantitative estimate of drug-likeness (QED) is 0.166. The SMILES string of the molecule is CC1(C)c2ccccc2-c2ccc(N(c3ccc4c(c3)C3(c5ccccc5)c5ccccc5N(c5ccccc5)c5c(-c6ccccc6)ccc-4c53)c3ccc4c(c3)oc3ccccc34)cc21. The van der Waals surface area contributed by atoms with E-state index >= 15 is 0 Å². The molecule has 1 aliphatic heterocycles. The predicted molar refractivity (Wildman–Crippen MR) is 277 cm³/mol. The third kappa shape index (κ3) is 5.23. The molecule has 67 heavy (non-hydrogen) atoms.